The average Bonchev–Trinajstić information content (AvgIpc) is 2.35. The maximum absolute atomic E-state index is 11.7. The topological polar surface area (TPSA) is 133 Å². The van der Waals surface area contributed by atoms with Crippen LogP contribution in [0.2, 0.25) is 0 Å². The number of hydrogen-bond donors (Lipinski definition) is 4. The van der Waals surface area contributed by atoms with Crippen molar-refractivity contribution in [3.8, 4) is 0 Å². The molecule has 0 fully saturated rings. The van der Waals surface area contributed by atoms with Crippen LogP contribution in [0.5, 0.6) is 0 Å². The Morgan fingerprint density at radius 1 is 0.727 bits per heavy atom. The van der Waals surface area contributed by atoms with Crippen molar-refractivity contribution in [2.75, 3.05) is 0 Å². The summed E-state index contributed by atoms with van der Waals surface area (Å²) in [4.78, 5) is 45.5. The molecule has 0 aliphatic rings. The first-order valence-electron chi connectivity index (χ1n) is 7.11. The maximum atomic E-state index is 11.7. The van der Waals surface area contributed by atoms with E-state index in [1.54, 1.807) is 27.7 Å². The molecule has 0 radical (unpaired) electrons. The largest absolute Gasteiger partial charge is 0.480 e. The summed E-state index contributed by atoms with van der Waals surface area (Å²) < 4.78 is 0. The zero-order valence-electron chi connectivity index (χ0n) is 13.3. The molecule has 0 aromatic heterocycles. The van der Waals surface area contributed by atoms with Gasteiger partial charge >= 0.3 is 23.8 Å². The third kappa shape index (κ3) is 7.61. The van der Waals surface area contributed by atoms with Gasteiger partial charge in [0.25, 0.3) is 0 Å². The molecule has 8 nitrogen and oxygen atoms in total. The lowest BCUT2D eigenvalue weighted by Crippen LogP contribution is -2.52. The maximum Gasteiger partial charge on any atom is 0.326 e. The Balaban J connectivity index is 4.72. The molecule has 0 unspecified atom stereocenters. The molecule has 0 bridgehead atoms. The molecule has 126 valence electrons. The van der Waals surface area contributed by atoms with Crippen LogP contribution in [0.15, 0.2) is 0 Å². The number of carbonyl (C=O) groups excluding carboxylic acids is 2. The number of hydrogen-bond acceptors (Lipinski definition) is 4. The van der Waals surface area contributed by atoms with Crippen LogP contribution < -0.4 is 10.6 Å². The van der Waals surface area contributed by atoms with Gasteiger partial charge in [-0.3, -0.25) is 9.59 Å². The van der Waals surface area contributed by atoms with E-state index in [0.29, 0.717) is 0 Å². The fourth-order valence-electron chi connectivity index (χ4n) is 1.83. The molecular formula is C14H24N2O6. The van der Waals surface area contributed by atoms with Crippen LogP contribution in [0.25, 0.3) is 0 Å². The highest BCUT2D eigenvalue weighted by molar-refractivity contribution is 6.35. The van der Waals surface area contributed by atoms with Crippen LogP contribution in [-0.4, -0.2) is 46.0 Å². The summed E-state index contributed by atoms with van der Waals surface area (Å²) in [5, 5.41) is 22.2. The molecule has 0 aromatic rings. The van der Waals surface area contributed by atoms with Crippen molar-refractivity contribution >= 4 is 23.8 Å². The van der Waals surface area contributed by atoms with Crippen LogP contribution in [0.1, 0.15) is 40.5 Å². The quantitative estimate of drug-likeness (QED) is 0.473. The molecule has 0 saturated carbocycles. The summed E-state index contributed by atoms with van der Waals surface area (Å²) in [7, 11) is 0. The summed E-state index contributed by atoms with van der Waals surface area (Å²) >= 11 is 0. The number of carbonyl (C=O) groups is 4. The van der Waals surface area contributed by atoms with E-state index in [4.69, 9.17) is 10.2 Å². The highest BCUT2D eigenvalue weighted by Gasteiger charge is 2.28. The van der Waals surface area contributed by atoms with Crippen LogP contribution in [-0.2, 0) is 19.2 Å². The first-order valence-corrected chi connectivity index (χ1v) is 7.11. The van der Waals surface area contributed by atoms with Crippen LogP contribution in [0, 0.1) is 11.8 Å². The molecule has 22 heavy (non-hydrogen) atoms. The van der Waals surface area contributed by atoms with Crippen molar-refractivity contribution in [2.45, 2.75) is 52.6 Å². The van der Waals surface area contributed by atoms with Crippen LogP contribution >= 0.6 is 0 Å². The fourth-order valence-corrected chi connectivity index (χ4v) is 1.83. The van der Waals surface area contributed by atoms with Gasteiger partial charge in [0.05, 0.1) is 0 Å². The predicted octanol–water partition coefficient (Wildman–Crippen LogP) is 0.217. The van der Waals surface area contributed by atoms with E-state index in [2.05, 4.69) is 10.6 Å². The Hall–Kier alpha value is -2.12. The van der Waals surface area contributed by atoms with Gasteiger partial charge < -0.3 is 20.8 Å². The predicted molar refractivity (Wildman–Crippen MR) is 78.0 cm³/mol. The van der Waals surface area contributed by atoms with E-state index < -0.39 is 35.8 Å². The average molecular weight is 316 g/mol. The molecule has 0 aliphatic heterocycles. The van der Waals surface area contributed by atoms with Gasteiger partial charge in [-0.2, -0.15) is 0 Å². The van der Waals surface area contributed by atoms with E-state index in [1.165, 1.54) is 0 Å². The minimum Gasteiger partial charge on any atom is -0.480 e. The molecule has 0 spiro atoms. The summed E-state index contributed by atoms with van der Waals surface area (Å²) in [5.41, 5.74) is 0. The molecule has 0 saturated heterocycles. The van der Waals surface area contributed by atoms with Crippen molar-refractivity contribution in [3.63, 3.8) is 0 Å². The highest BCUT2D eigenvalue weighted by Crippen LogP contribution is 2.06. The lowest BCUT2D eigenvalue weighted by molar-refractivity contribution is -0.147. The van der Waals surface area contributed by atoms with E-state index in [1.807, 2.05) is 0 Å². The van der Waals surface area contributed by atoms with Gasteiger partial charge in [-0.25, -0.2) is 9.59 Å². The Morgan fingerprint density at radius 2 is 1.00 bits per heavy atom. The first-order chi connectivity index (χ1) is 10.0. The second-order valence-electron chi connectivity index (χ2n) is 5.99. The highest BCUT2D eigenvalue weighted by atomic mass is 16.4. The first kappa shape index (κ1) is 19.9. The van der Waals surface area contributed by atoms with Gasteiger partial charge in [0.15, 0.2) is 0 Å². The number of nitrogens with one attached hydrogen (secondary N) is 2. The zero-order valence-corrected chi connectivity index (χ0v) is 13.3. The molecule has 4 N–H and O–H groups in total. The van der Waals surface area contributed by atoms with E-state index >= 15 is 0 Å². The second kappa shape index (κ2) is 9.01. The molecule has 8 heteroatoms. The summed E-state index contributed by atoms with van der Waals surface area (Å²) in [5.74, 6) is -4.76. The third-order valence-electron chi connectivity index (χ3n) is 2.83. The van der Waals surface area contributed by atoms with Gasteiger partial charge in [0.1, 0.15) is 12.1 Å². The minimum atomic E-state index is -1.24. The van der Waals surface area contributed by atoms with Crippen molar-refractivity contribution in [3.05, 3.63) is 0 Å². The van der Waals surface area contributed by atoms with E-state index in [0.717, 1.165) is 0 Å². The Bertz CT molecular complexity index is 393. The van der Waals surface area contributed by atoms with Crippen LogP contribution in [0.3, 0.4) is 0 Å². The van der Waals surface area contributed by atoms with Crippen molar-refractivity contribution in [1.29, 1.82) is 0 Å². The smallest absolute Gasteiger partial charge is 0.326 e. The number of aliphatic carboxylic acids is 2. The van der Waals surface area contributed by atoms with Gasteiger partial charge in [0, 0.05) is 0 Å². The molecular weight excluding hydrogens is 292 g/mol. The summed E-state index contributed by atoms with van der Waals surface area (Å²) in [6.07, 6.45) is 0.339. The normalized spacial score (nSPS) is 13.5. The minimum absolute atomic E-state index is 0.0113. The zero-order chi connectivity index (χ0) is 17.4. The van der Waals surface area contributed by atoms with Crippen molar-refractivity contribution < 1.29 is 29.4 Å². The monoisotopic (exact) mass is 316 g/mol. The third-order valence-corrected chi connectivity index (χ3v) is 2.83. The second-order valence-corrected chi connectivity index (χ2v) is 5.99. The lowest BCUT2D eigenvalue weighted by atomic mass is 10.0. The molecule has 0 rings (SSSR count). The molecule has 2 amide bonds. The fraction of sp³-hybridized carbons (Fsp3) is 0.714. The standard InChI is InChI=1S/C14H24N2O6/c1-7(2)5-9(13(19)20)15-11(17)12(18)16-10(14(21)22)6-8(3)4/h7-10H,5-6H2,1-4H3,(H,15,17)(H,16,18)(H,19,20)(H,21,22)/t9-,10-/m1/s1. The number of carboxylic acid groups (broad SMARTS) is 2. The van der Waals surface area contributed by atoms with E-state index in [9.17, 15) is 19.2 Å². The summed E-state index contributed by atoms with van der Waals surface area (Å²) in [6.45, 7) is 7.13. The molecule has 0 aromatic carbocycles. The number of carboxylic acids is 2. The molecule has 2 atom stereocenters. The number of amides is 2. The molecule has 0 heterocycles. The van der Waals surface area contributed by atoms with Crippen LogP contribution in [0.4, 0.5) is 0 Å². The Morgan fingerprint density at radius 3 is 1.18 bits per heavy atom. The Kier molecular flexibility index (Phi) is 8.14. The van der Waals surface area contributed by atoms with Crippen molar-refractivity contribution in [1.82, 2.24) is 10.6 Å². The van der Waals surface area contributed by atoms with Gasteiger partial charge in [-0.1, -0.05) is 27.7 Å². The van der Waals surface area contributed by atoms with Gasteiger partial charge in [0.2, 0.25) is 0 Å². The SMILES string of the molecule is CC(C)C[C@@H](NC(=O)C(=O)N[C@H](CC(C)C)C(=O)O)C(=O)O. The van der Waals surface area contributed by atoms with Crippen molar-refractivity contribution in [2.24, 2.45) is 11.8 Å². The molecule has 0 aliphatic carbocycles. The summed E-state index contributed by atoms with van der Waals surface area (Å²) in [6, 6.07) is -2.38. The lowest BCUT2D eigenvalue weighted by Gasteiger charge is -2.18. The van der Waals surface area contributed by atoms with E-state index in [-0.39, 0.29) is 24.7 Å². The van der Waals surface area contributed by atoms with Gasteiger partial charge in [-0.15, -0.1) is 0 Å². The van der Waals surface area contributed by atoms with Gasteiger partial charge in [-0.05, 0) is 24.7 Å². The number of rotatable bonds is 8. The Labute approximate surface area is 129 Å².